The van der Waals surface area contributed by atoms with E-state index in [-0.39, 0.29) is 24.2 Å². The molecular weight excluding hydrogens is 206 g/mol. The molecule has 2 unspecified atom stereocenters. The summed E-state index contributed by atoms with van der Waals surface area (Å²) in [6.45, 7) is 4.38. The first kappa shape index (κ1) is 13.0. The first-order valence-corrected chi connectivity index (χ1v) is 6.04. The van der Waals surface area contributed by atoms with Gasteiger partial charge >= 0.3 is 5.97 Å². The summed E-state index contributed by atoms with van der Waals surface area (Å²) in [6.07, 6.45) is 3.22. The first-order valence-electron chi connectivity index (χ1n) is 6.04. The van der Waals surface area contributed by atoms with Crippen molar-refractivity contribution in [1.82, 2.24) is 5.32 Å². The Labute approximate surface area is 96.4 Å². The number of amides is 1. The lowest BCUT2D eigenvalue weighted by molar-refractivity contribution is -0.138. The fraction of sp³-hybridized carbons (Fsp3) is 0.833. The van der Waals surface area contributed by atoms with Crippen LogP contribution in [0.4, 0.5) is 0 Å². The van der Waals surface area contributed by atoms with E-state index >= 15 is 0 Å². The van der Waals surface area contributed by atoms with Crippen molar-refractivity contribution in [2.24, 2.45) is 17.8 Å². The highest BCUT2D eigenvalue weighted by atomic mass is 16.4. The Balaban J connectivity index is 2.25. The zero-order valence-corrected chi connectivity index (χ0v) is 10.0. The molecule has 0 aromatic heterocycles. The molecule has 0 heterocycles. The van der Waals surface area contributed by atoms with Gasteiger partial charge in [-0.15, -0.1) is 0 Å². The van der Waals surface area contributed by atoms with Crippen molar-refractivity contribution in [3.05, 3.63) is 0 Å². The highest BCUT2D eigenvalue weighted by Gasteiger charge is 2.32. The number of aliphatic carboxylic acids is 1. The number of hydrogen-bond donors (Lipinski definition) is 2. The third kappa shape index (κ3) is 4.21. The van der Waals surface area contributed by atoms with Gasteiger partial charge in [-0.25, -0.2) is 0 Å². The van der Waals surface area contributed by atoms with Gasteiger partial charge in [0.25, 0.3) is 0 Å². The minimum atomic E-state index is -0.795. The van der Waals surface area contributed by atoms with Gasteiger partial charge in [0.1, 0.15) is 0 Å². The van der Waals surface area contributed by atoms with Gasteiger partial charge in [-0.2, -0.15) is 0 Å². The molecular formula is C12H21NO3. The van der Waals surface area contributed by atoms with Crippen LogP contribution >= 0.6 is 0 Å². The minimum Gasteiger partial charge on any atom is -0.481 e. The molecule has 4 heteroatoms. The molecule has 1 fully saturated rings. The summed E-state index contributed by atoms with van der Waals surface area (Å²) in [5.41, 5.74) is 0. The summed E-state index contributed by atoms with van der Waals surface area (Å²) >= 11 is 0. The number of carbonyl (C=O) groups excluding carboxylic acids is 1. The Morgan fingerprint density at radius 1 is 1.44 bits per heavy atom. The average molecular weight is 227 g/mol. The van der Waals surface area contributed by atoms with Crippen LogP contribution in [0.5, 0.6) is 0 Å². The molecule has 1 aliphatic rings. The summed E-state index contributed by atoms with van der Waals surface area (Å²) in [5, 5.41) is 11.5. The van der Waals surface area contributed by atoms with Crippen LogP contribution in [0.25, 0.3) is 0 Å². The largest absolute Gasteiger partial charge is 0.481 e. The van der Waals surface area contributed by atoms with Crippen LogP contribution in [0.2, 0.25) is 0 Å². The van der Waals surface area contributed by atoms with Crippen molar-refractivity contribution in [1.29, 1.82) is 0 Å². The zero-order valence-electron chi connectivity index (χ0n) is 10.0. The van der Waals surface area contributed by atoms with Crippen LogP contribution in [0.1, 0.15) is 39.5 Å². The average Bonchev–Trinajstić information content (AvgIpc) is 3.05. The molecule has 1 amide bonds. The number of hydrogen-bond acceptors (Lipinski definition) is 2. The van der Waals surface area contributed by atoms with Gasteiger partial charge in [-0.3, -0.25) is 9.59 Å². The van der Waals surface area contributed by atoms with Gasteiger partial charge in [-0.05, 0) is 24.7 Å². The van der Waals surface area contributed by atoms with E-state index in [1.54, 1.807) is 0 Å². The van der Waals surface area contributed by atoms with Crippen molar-refractivity contribution in [2.45, 2.75) is 39.5 Å². The van der Waals surface area contributed by atoms with Gasteiger partial charge < -0.3 is 10.4 Å². The molecule has 2 atom stereocenters. The van der Waals surface area contributed by atoms with Crippen LogP contribution < -0.4 is 5.32 Å². The van der Waals surface area contributed by atoms with Crippen molar-refractivity contribution >= 4 is 11.9 Å². The van der Waals surface area contributed by atoms with Gasteiger partial charge in [0.15, 0.2) is 0 Å². The monoisotopic (exact) mass is 227 g/mol. The zero-order chi connectivity index (χ0) is 12.1. The summed E-state index contributed by atoms with van der Waals surface area (Å²) in [5.74, 6) is -0.0302. The van der Waals surface area contributed by atoms with Gasteiger partial charge in [0.05, 0.1) is 0 Å². The second-order valence-electron chi connectivity index (χ2n) is 4.74. The lowest BCUT2D eigenvalue weighted by Crippen LogP contribution is -2.34. The third-order valence-electron chi connectivity index (χ3n) is 3.35. The Morgan fingerprint density at radius 2 is 2.06 bits per heavy atom. The third-order valence-corrected chi connectivity index (χ3v) is 3.35. The maximum Gasteiger partial charge on any atom is 0.303 e. The fourth-order valence-corrected chi connectivity index (χ4v) is 1.82. The molecule has 0 saturated heterocycles. The van der Waals surface area contributed by atoms with Crippen LogP contribution in [0.3, 0.4) is 0 Å². The van der Waals surface area contributed by atoms with E-state index in [1.165, 1.54) is 0 Å². The lowest BCUT2D eigenvalue weighted by atomic mass is 10.0. The fourth-order valence-electron chi connectivity index (χ4n) is 1.82. The molecule has 0 aromatic rings. The molecule has 0 aliphatic heterocycles. The minimum absolute atomic E-state index is 0.0489. The van der Waals surface area contributed by atoms with Crippen LogP contribution in [0.15, 0.2) is 0 Å². The lowest BCUT2D eigenvalue weighted by Gasteiger charge is -2.16. The first-order chi connectivity index (χ1) is 7.54. The van der Waals surface area contributed by atoms with Gasteiger partial charge in [0.2, 0.25) is 5.91 Å². The Hall–Kier alpha value is -1.06. The molecule has 0 spiro atoms. The Bertz CT molecular complexity index is 261. The summed E-state index contributed by atoms with van der Waals surface area (Å²) in [7, 11) is 0. The van der Waals surface area contributed by atoms with Crippen molar-refractivity contribution in [2.75, 3.05) is 6.54 Å². The topological polar surface area (TPSA) is 66.4 Å². The standard InChI is InChI=1S/C12H21NO3/c1-3-9(6-11(14)15)7-13-12(16)8(2)10-4-5-10/h8-10H,3-7H2,1-2H3,(H,13,16)(H,14,15). The maximum absolute atomic E-state index is 11.7. The highest BCUT2D eigenvalue weighted by Crippen LogP contribution is 2.36. The van der Waals surface area contributed by atoms with Crippen molar-refractivity contribution < 1.29 is 14.7 Å². The molecule has 1 rings (SSSR count). The molecule has 0 aromatic carbocycles. The summed E-state index contributed by atoms with van der Waals surface area (Å²) < 4.78 is 0. The van der Waals surface area contributed by atoms with E-state index < -0.39 is 5.97 Å². The van der Waals surface area contributed by atoms with Crippen LogP contribution in [-0.2, 0) is 9.59 Å². The Morgan fingerprint density at radius 3 is 2.50 bits per heavy atom. The van der Waals surface area contributed by atoms with Crippen molar-refractivity contribution in [3.8, 4) is 0 Å². The number of carboxylic acids is 1. The molecule has 0 radical (unpaired) electrons. The number of carboxylic acid groups (broad SMARTS) is 1. The molecule has 92 valence electrons. The molecule has 1 saturated carbocycles. The summed E-state index contributed by atoms with van der Waals surface area (Å²) in [4.78, 5) is 22.2. The predicted molar refractivity (Wildman–Crippen MR) is 60.9 cm³/mol. The number of nitrogens with one attached hydrogen (secondary N) is 1. The normalized spacial score (nSPS) is 18.9. The van der Waals surface area contributed by atoms with Crippen LogP contribution in [-0.4, -0.2) is 23.5 Å². The SMILES string of the molecule is CCC(CNC(=O)C(C)C1CC1)CC(=O)O. The van der Waals surface area contributed by atoms with Gasteiger partial charge in [0, 0.05) is 18.9 Å². The van der Waals surface area contributed by atoms with Gasteiger partial charge in [-0.1, -0.05) is 20.3 Å². The quantitative estimate of drug-likeness (QED) is 0.695. The predicted octanol–water partition coefficient (Wildman–Crippen LogP) is 1.65. The second-order valence-corrected chi connectivity index (χ2v) is 4.74. The molecule has 0 bridgehead atoms. The van der Waals surface area contributed by atoms with Crippen LogP contribution in [0, 0.1) is 17.8 Å². The summed E-state index contributed by atoms with van der Waals surface area (Å²) in [6, 6.07) is 0. The molecule has 1 aliphatic carbocycles. The maximum atomic E-state index is 11.7. The molecule has 16 heavy (non-hydrogen) atoms. The smallest absolute Gasteiger partial charge is 0.303 e. The molecule has 2 N–H and O–H groups in total. The van der Waals surface area contributed by atoms with E-state index in [1.807, 2.05) is 13.8 Å². The van der Waals surface area contributed by atoms with E-state index in [9.17, 15) is 9.59 Å². The molecule has 4 nitrogen and oxygen atoms in total. The highest BCUT2D eigenvalue weighted by molar-refractivity contribution is 5.79. The van der Waals surface area contributed by atoms with Crippen molar-refractivity contribution in [3.63, 3.8) is 0 Å². The Kier molecular flexibility index (Phi) is 4.77. The van der Waals surface area contributed by atoms with E-state index in [0.29, 0.717) is 12.5 Å². The van der Waals surface area contributed by atoms with E-state index in [2.05, 4.69) is 5.32 Å². The second kappa shape index (κ2) is 5.87. The van der Waals surface area contributed by atoms with E-state index in [4.69, 9.17) is 5.11 Å². The number of carbonyl (C=O) groups is 2. The van der Waals surface area contributed by atoms with E-state index in [0.717, 1.165) is 19.3 Å². The number of rotatable bonds is 7.